The summed E-state index contributed by atoms with van der Waals surface area (Å²) in [6.45, 7) is 1.24. The van der Waals surface area contributed by atoms with E-state index in [2.05, 4.69) is 5.32 Å². The number of hydrogen-bond donors (Lipinski definition) is 2. The summed E-state index contributed by atoms with van der Waals surface area (Å²) in [5.41, 5.74) is 1.58. The highest BCUT2D eigenvalue weighted by molar-refractivity contribution is 5.97. The van der Waals surface area contributed by atoms with E-state index in [1.807, 2.05) is 35.2 Å². The lowest BCUT2D eigenvalue weighted by atomic mass is 10.0. The van der Waals surface area contributed by atoms with Gasteiger partial charge in [0.2, 0.25) is 5.91 Å². The summed E-state index contributed by atoms with van der Waals surface area (Å²) in [5.74, 6) is -1.20. The molecule has 0 radical (unpaired) electrons. The third-order valence-electron chi connectivity index (χ3n) is 5.02. The topological polar surface area (TPSA) is 86.7 Å². The first-order valence-electron chi connectivity index (χ1n) is 9.49. The molecule has 2 amide bonds. The number of carboxylic acids is 1. The van der Waals surface area contributed by atoms with Gasteiger partial charge in [0.05, 0.1) is 5.56 Å². The molecular weight excluding hydrogens is 356 g/mol. The van der Waals surface area contributed by atoms with Crippen molar-refractivity contribution in [3.8, 4) is 0 Å². The number of carboxylic acid groups (broad SMARTS) is 1. The SMILES string of the molecule is O=C(O)c1cccc(C(=O)NC2CCN(C(=O)CCc3ccccc3)CC2)c1. The van der Waals surface area contributed by atoms with Gasteiger partial charge < -0.3 is 15.3 Å². The van der Waals surface area contributed by atoms with E-state index in [4.69, 9.17) is 5.11 Å². The van der Waals surface area contributed by atoms with Crippen molar-refractivity contribution in [2.75, 3.05) is 13.1 Å². The first-order valence-corrected chi connectivity index (χ1v) is 9.49. The summed E-state index contributed by atoms with van der Waals surface area (Å²) in [4.78, 5) is 37.7. The molecule has 0 aliphatic carbocycles. The maximum atomic E-state index is 12.4. The zero-order chi connectivity index (χ0) is 19.9. The fraction of sp³-hybridized carbons (Fsp3) is 0.318. The first-order chi connectivity index (χ1) is 13.5. The second-order valence-electron chi connectivity index (χ2n) is 7.00. The molecule has 6 heteroatoms. The number of nitrogens with zero attached hydrogens (tertiary/aromatic N) is 1. The monoisotopic (exact) mass is 380 g/mol. The van der Waals surface area contributed by atoms with Crippen LogP contribution in [0.5, 0.6) is 0 Å². The number of rotatable bonds is 6. The molecule has 28 heavy (non-hydrogen) atoms. The summed E-state index contributed by atoms with van der Waals surface area (Å²) < 4.78 is 0. The van der Waals surface area contributed by atoms with Gasteiger partial charge in [-0.1, -0.05) is 36.4 Å². The number of nitrogens with one attached hydrogen (secondary N) is 1. The minimum absolute atomic E-state index is 0.0147. The molecule has 1 fully saturated rings. The van der Waals surface area contributed by atoms with E-state index in [0.717, 1.165) is 12.0 Å². The van der Waals surface area contributed by atoms with Gasteiger partial charge in [0.1, 0.15) is 0 Å². The van der Waals surface area contributed by atoms with Crippen molar-refractivity contribution in [2.45, 2.75) is 31.7 Å². The molecule has 6 nitrogen and oxygen atoms in total. The van der Waals surface area contributed by atoms with Gasteiger partial charge in [0, 0.05) is 31.1 Å². The molecule has 2 aromatic rings. The lowest BCUT2D eigenvalue weighted by Crippen LogP contribution is -2.46. The minimum Gasteiger partial charge on any atom is -0.478 e. The third kappa shape index (κ3) is 5.19. The predicted octanol–water partition coefficient (Wildman–Crippen LogP) is 2.74. The van der Waals surface area contributed by atoms with Gasteiger partial charge in [-0.25, -0.2) is 4.79 Å². The molecule has 0 atom stereocenters. The van der Waals surface area contributed by atoms with Crippen molar-refractivity contribution in [2.24, 2.45) is 0 Å². The standard InChI is InChI=1S/C22H24N2O4/c25-20(10-9-16-5-2-1-3-6-16)24-13-11-19(12-14-24)23-21(26)17-7-4-8-18(15-17)22(27)28/h1-8,15,19H,9-14H2,(H,23,26)(H,27,28). The summed E-state index contributed by atoms with van der Waals surface area (Å²) in [5, 5.41) is 12.0. The van der Waals surface area contributed by atoms with Gasteiger partial charge in [-0.15, -0.1) is 0 Å². The number of likely N-dealkylation sites (tertiary alicyclic amines) is 1. The maximum Gasteiger partial charge on any atom is 0.335 e. The molecule has 0 spiro atoms. The molecule has 1 saturated heterocycles. The second kappa shape index (κ2) is 9.17. The Kier molecular flexibility index (Phi) is 6.42. The van der Waals surface area contributed by atoms with Gasteiger partial charge in [-0.3, -0.25) is 9.59 Å². The molecule has 1 aliphatic heterocycles. The Morgan fingerprint density at radius 2 is 1.64 bits per heavy atom. The van der Waals surface area contributed by atoms with Gasteiger partial charge in [-0.2, -0.15) is 0 Å². The van der Waals surface area contributed by atoms with Crippen molar-refractivity contribution < 1.29 is 19.5 Å². The van der Waals surface area contributed by atoms with E-state index in [1.165, 1.54) is 12.1 Å². The van der Waals surface area contributed by atoms with E-state index in [0.29, 0.717) is 37.9 Å². The van der Waals surface area contributed by atoms with Crippen LogP contribution in [0.2, 0.25) is 0 Å². The lowest BCUT2D eigenvalue weighted by Gasteiger charge is -2.32. The highest BCUT2D eigenvalue weighted by Gasteiger charge is 2.24. The fourth-order valence-corrected chi connectivity index (χ4v) is 3.39. The average Bonchev–Trinajstić information content (AvgIpc) is 2.73. The maximum absolute atomic E-state index is 12.4. The Hall–Kier alpha value is -3.15. The summed E-state index contributed by atoms with van der Waals surface area (Å²) in [7, 11) is 0. The van der Waals surface area contributed by atoms with Crippen molar-refractivity contribution in [1.29, 1.82) is 0 Å². The number of aromatic carboxylic acids is 1. The summed E-state index contributed by atoms with van der Waals surface area (Å²) in [6, 6.07) is 15.9. The van der Waals surface area contributed by atoms with Crippen molar-refractivity contribution >= 4 is 17.8 Å². The Labute approximate surface area is 164 Å². The summed E-state index contributed by atoms with van der Waals surface area (Å²) >= 11 is 0. The fourth-order valence-electron chi connectivity index (χ4n) is 3.39. The van der Waals surface area contributed by atoms with Gasteiger partial charge in [-0.05, 0) is 43.0 Å². The van der Waals surface area contributed by atoms with Crippen LogP contribution < -0.4 is 5.32 Å². The quantitative estimate of drug-likeness (QED) is 0.807. The smallest absolute Gasteiger partial charge is 0.335 e. The van der Waals surface area contributed by atoms with Crippen LogP contribution in [0.1, 0.15) is 45.5 Å². The van der Waals surface area contributed by atoms with Crippen molar-refractivity contribution in [3.63, 3.8) is 0 Å². The predicted molar refractivity (Wildman–Crippen MR) is 105 cm³/mol. The molecule has 0 aromatic heterocycles. The van der Waals surface area contributed by atoms with Crippen LogP contribution in [0.25, 0.3) is 0 Å². The van der Waals surface area contributed by atoms with Crippen LogP contribution in [0.4, 0.5) is 0 Å². The Morgan fingerprint density at radius 3 is 2.32 bits per heavy atom. The van der Waals surface area contributed by atoms with Crippen LogP contribution in [0.15, 0.2) is 54.6 Å². The highest BCUT2D eigenvalue weighted by atomic mass is 16.4. The molecule has 146 valence electrons. The highest BCUT2D eigenvalue weighted by Crippen LogP contribution is 2.14. The van der Waals surface area contributed by atoms with Crippen LogP contribution in [0, 0.1) is 0 Å². The van der Waals surface area contributed by atoms with Crippen LogP contribution in [0.3, 0.4) is 0 Å². The Balaban J connectivity index is 1.46. The first kappa shape index (κ1) is 19.6. The van der Waals surface area contributed by atoms with Crippen LogP contribution in [-0.2, 0) is 11.2 Å². The number of amides is 2. The van der Waals surface area contributed by atoms with E-state index in [9.17, 15) is 14.4 Å². The van der Waals surface area contributed by atoms with Gasteiger partial charge in [0.15, 0.2) is 0 Å². The zero-order valence-corrected chi connectivity index (χ0v) is 15.6. The summed E-state index contributed by atoms with van der Waals surface area (Å²) in [6.07, 6.45) is 2.61. The van der Waals surface area contributed by atoms with Gasteiger partial charge in [0.25, 0.3) is 5.91 Å². The van der Waals surface area contributed by atoms with Crippen molar-refractivity contribution in [3.05, 3.63) is 71.3 Å². The van der Waals surface area contributed by atoms with Gasteiger partial charge >= 0.3 is 5.97 Å². The Bertz CT molecular complexity index is 843. The van der Waals surface area contributed by atoms with Crippen molar-refractivity contribution in [1.82, 2.24) is 10.2 Å². The zero-order valence-electron chi connectivity index (χ0n) is 15.6. The van der Waals surface area contributed by atoms with E-state index < -0.39 is 5.97 Å². The molecule has 0 bridgehead atoms. The molecule has 2 aromatic carbocycles. The minimum atomic E-state index is -1.06. The van der Waals surface area contributed by atoms with E-state index in [-0.39, 0.29) is 23.4 Å². The Morgan fingerprint density at radius 1 is 0.964 bits per heavy atom. The van der Waals surface area contributed by atoms with E-state index in [1.54, 1.807) is 12.1 Å². The van der Waals surface area contributed by atoms with Crippen LogP contribution in [-0.4, -0.2) is 46.9 Å². The molecule has 3 rings (SSSR count). The molecule has 2 N–H and O–H groups in total. The average molecular weight is 380 g/mol. The number of benzene rings is 2. The van der Waals surface area contributed by atoms with Crippen LogP contribution >= 0.6 is 0 Å². The number of piperidine rings is 1. The normalized spacial score (nSPS) is 14.5. The number of carbonyl (C=O) groups excluding carboxylic acids is 2. The molecule has 1 heterocycles. The molecule has 1 aliphatic rings. The third-order valence-corrected chi connectivity index (χ3v) is 5.02. The number of carbonyl (C=O) groups is 3. The lowest BCUT2D eigenvalue weighted by molar-refractivity contribution is -0.132. The second-order valence-corrected chi connectivity index (χ2v) is 7.00. The molecule has 0 saturated carbocycles. The number of hydrogen-bond acceptors (Lipinski definition) is 3. The largest absolute Gasteiger partial charge is 0.478 e. The molecule has 0 unspecified atom stereocenters. The number of aryl methyl sites for hydroxylation is 1. The molecular formula is C22H24N2O4. The van der Waals surface area contributed by atoms with E-state index >= 15 is 0 Å².